The SMILES string of the molecule is O=C(O)c1cnc(NCc2ccccc2F)nc1O. The number of hydrogen-bond acceptors (Lipinski definition) is 5. The first-order valence-corrected chi connectivity index (χ1v) is 5.34. The van der Waals surface area contributed by atoms with Crippen LogP contribution in [0.25, 0.3) is 0 Å². The molecule has 0 spiro atoms. The smallest absolute Gasteiger partial charge is 0.342 e. The topological polar surface area (TPSA) is 95.3 Å². The maximum Gasteiger partial charge on any atom is 0.342 e. The predicted molar refractivity (Wildman–Crippen MR) is 64.4 cm³/mol. The second kappa shape index (κ2) is 5.30. The third-order valence-corrected chi connectivity index (χ3v) is 2.39. The number of rotatable bonds is 4. The van der Waals surface area contributed by atoms with Gasteiger partial charge < -0.3 is 15.5 Å². The number of benzene rings is 1. The largest absolute Gasteiger partial charge is 0.493 e. The number of nitrogens with one attached hydrogen (secondary N) is 1. The Hall–Kier alpha value is -2.70. The van der Waals surface area contributed by atoms with Crippen LogP contribution in [0.2, 0.25) is 0 Å². The van der Waals surface area contributed by atoms with Gasteiger partial charge in [0.1, 0.15) is 11.4 Å². The molecular formula is C12H10FN3O3. The van der Waals surface area contributed by atoms with Crippen LogP contribution in [0.1, 0.15) is 15.9 Å². The molecule has 7 heteroatoms. The lowest BCUT2D eigenvalue weighted by molar-refractivity contribution is 0.0692. The van der Waals surface area contributed by atoms with E-state index in [9.17, 15) is 14.3 Å². The second-order valence-corrected chi connectivity index (χ2v) is 3.68. The van der Waals surface area contributed by atoms with E-state index in [1.165, 1.54) is 6.07 Å². The molecule has 0 bridgehead atoms. The van der Waals surface area contributed by atoms with E-state index in [0.29, 0.717) is 5.56 Å². The number of carboxylic acid groups (broad SMARTS) is 1. The van der Waals surface area contributed by atoms with Gasteiger partial charge in [0.2, 0.25) is 11.8 Å². The van der Waals surface area contributed by atoms with Crippen LogP contribution in [-0.2, 0) is 6.54 Å². The van der Waals surface area contributed by atoms with Crippen molar-refractivity contribution in [3.05, 3.63) is 47.4 Å². The molecule has 0 aliphatic carbocycles. The van der Waals surface area contributed by atoms with Crippen molar-refractivity contribution in [1.82, 2.24) is 9.97 Å². The summed E-state index contributed by atoms with van der Waals surface area (Å²) in [5, 5.41) is 20.8. The zero-order chi connectivity index (χ0) is 13.8. The maximum absolute atomic E-state index is 13.3. The lowest BCUT2D eigenvalue weighted by Crippen LogP contribution is -2.07. The molecule has 0 amide bonds. The van der Waals surface area contributed by atoms with Gasteiger partial charge in [0.15, 0.2) is 0 Å². The van der Waals surface area contributed by atoms with Gasteiger partial charge >= 0.3 is 5.97 Å². The average molecular weight is 263 g/mol. The first kappa shape index (κ1) is 12.7. The summed E-state index contributed by atoms with van der Waals surface area (Å²) in [6.07, 6.45) is 0.981. The minimum Gasteiger partial charge on any atom is -0.493 e. The summed E-state index contributed by atoms with van der Waals surface area (Å²) in [5.74, 6) is -2.32. The van der Waals surface area contributed by atoms with E-state index >= 15 is 0 Å². The van der Waals surface area contributed by atoms with E-state index in [-0.39, 0.29) is 18.3 Å². The van der Waals surface area contributed by atoms with E-state index in [1.54, 1.807) is 18.2 Å². The monoisotopic (exact) mass is 263 g/mol. The van der Waals surface area contributed by atoms with Crippen LogP contribution in [0.4, 0.5) is 10.3 Å². The molecule has 98 valence electrons. The van der Waals surface area contributed by atoms with Crippen molar-refractivity contribution >= 4 is 11.9 Å². The summed E-state index contributed by atoms with van der Waals surface area (Å²) in [6.45, 7) is 0.124. The van der Waals surface area contributed by atoms with Crippen LogP contribution >= 0.6 is 0 Å². The Balaban J connectivity index is 2.11. The Bertz CT molecular complexity index is 619. The fraction of sp³-hybridized carbons (Fsp3) is 0.0833. The Morgan fingerprint density at radius 2 is 2.11 bits per heavy atom. The van der Waals surface area contributed by atoms with Gasteiger partial charge in [-0.3, -0.25) is 0 Å². The minimum atomic E-state index is -1.32. The van der Waals surface area contributed by atoms with Crippen molar-refractivity contribution in [1.29, 1.82) is 0 Å². The normalized spacial score (nSPS) is 10.2. The molecular weight excluding hydrogens is 253 g/mol. The summed E-state index contributed by atoms with van der Waals surface area (Å²) in [4.78, 5) is 17.9. The Morgan fingerprint density at radius 1 is 1.37 bits per heavy atom. The summed E-state index contributed by atoms with van der Waals surface area (Å²) >= 11 is 0. The van der Waals surface area contributed by atoms with E-state index in [1.807, 2.05) is 0 Å². The number of aromatic nitrogens is 2. The first-order chi connectivity index (χ1) is 9.08. The van der Waals surface area contributed by atoms with Crippen LogP contribution in [0.5, 0.6) is 5.88 Å². The second-order valence-electron chi connectivity index (χ2n) is 3.68. The molecule has 0 saturated carbocycles. The van der Waals surface area contributed by atoms with E-state index < -0.39 is 17.4 Å². The standard InChI is InChI=1S/C12H10FN3O3/c13-9-4-2-1-3-7(9)5-14-12-15-6-8(11(18)19)10(17)16-12/h1-4,6H,5H2,(H,18,19)(H2,14,15,16,17). The summed E-state index contributed by atoms with van der Waals surface area (Å²) in [5.41, 5.74) is 0.0179. The Morgan fingerprint density at radius 3 is 2.74 bits per heavy atom. The summed E-state index contributed by atoms with van der Waals surface area (Å²) in [6, 6.07) is 6.17. The lowest BCUT2D eigenvalue weighted by atomic mass is 10.2. The molecule has 0 unspecified atom stereocenters. The third kappa shape index (κ3) is 2.95. The number of nitrogens with zero attached hydrogens (tertiary/aromatic N) is 2. The summed E-state index contributed by atoms with van der Waals surface area (Å²) < 4.78 is 13.3. The molecule has 1 aromatic heterocycles. The average Bonchev–Trinajstić information content (AvgIpc) is 2.37. The van der Waals surface area contributed by atoms with Crippen molar-refractivity contribution in [2.75, 3.05) is 5.32 Å². The van der Waals surface area contributed by atoms with Crippen molar-refractivity contribution in [2.24, 2.45) is 0 Å². The van der Waals surface area contributed by atoms with Gasteiger partial charge in [-0.2, -0.15) is 4.98 Å². The molecule has 0 saturated heterocycles. The fourth-order valence-corrected chi connectivity index (χ4v) is 1.42. The molecule has 1 heterocycles. The number of carboxylic acids is 1. The van der Waals surface area contributed by atoms with Crippen LogP contribution in [-0.4, -0.2) is 26.2 Å². The Labute approximate surface area is 107 Å². The number of halogens is 1. The quantitative estimate of drug-likeness (QED) is 0.776. The van der Waals surface area contributed by atoms with Gasteiger partial charge in [-0.1, -0.05) is 18.2 Å². The van der Waals surface area contributed by atoms with E-state index in [2.05, 4.69) is 15.3 Å². The number of aromatic hydroxyl groups is 1. The number of anilines is 1. The third-order valence-electron chi connectivity index (χ3n) is 2.39. The summed E-state index contributed by atoms with van der Waals surface area (Å²) in [7, 11) is 0. The zero-order valence-corrected chi connectivity index (χ0v) is 9.67. The molecule has 0 aliphatic heterocycles. The molecule has 0 fully saturated rings. The lowest BCUT2D eigenvalue weighted by Gasteiger charge is -2.06. The fourth-order valence-electron chi connectivity index (χ4n) is 1.42. The van der Waals surface area contributed by atoms with Gasteiger partial charge in [0.05, 0.1) is 6.20 Å². The van der Waals surface area contributed by atoms with Gasteiger partial charge in [-0.15, -0.1) is 0 Å². The van der Waals surface area contributed by atoms with Crippen molar-refractivity contribution in [3.8, 4) is 5.88 Å². The highest BCUT2D eigenvalue weighted by molar-refractivity contribution is 5.89. The van der Waals surface area contributed by atoms with Crippen LogP contribution in [0, 0.1) is 5.82 Å². The van der Waals surface area contributed by atoms with Gasteiger partial charge in [0.25, 0.3) is 0 Å². The molecule has 2 aromatic rings. The molecule has 3 N–H and O–H groups in total. The molecule has 2 rings (SSSR count). The molecule has 19 heavy (non-hydrogen) atoms. The molecule has 1 aromatic carbocycles. The number of hydrogen-bond donors (Lipinski definition) is 3. The van der Waals surface area contributed by atoms with Gasteiger partial charge in [-0.25, -0.2) is 14.2 Å². The van der Waals surface area contributed by atoms with Gasteiger partial charge in [0, 0.05) is 12.1 Å². The molecule has 0 atom stereocenters. The highest BCUT2D eigenvalue weighted by atomic mass is 19.1. The van der Waals surface area contributed by atoms with Crippen molar-refractivity contribution in [3.63, 3.8) is 0 Å². The number of carbonyl (C=O) groups is 1. The minimum absolute atomic E-state index is 0.0192. The van der Waals surface area contributed by atoms with E-state index in [4.69, 9.17) is 5.11 Å². The maximum atomic E-state index is 13.3. The van der Waals surface area contributed by atoms with Crippen molar-refractivity contribution in [2.45, 2.75) is 6.54 Å². The first-order valence-electron chi connectivity index (χ1n) is 5.34. The number of aromatic carboxylic acids is 1. The van der Waals surface area contributed by atoms with E-state index in [0.717, 1.165) is 6.20 Å². The molecule has 6 nitrogen and oxygen atoms in total. The van der Waals surface area contributed by atoms with Gasteiger partial charge in [-0.05, 0) is 6.07 Å². The highest BCUT2D eigenvalue weighted by Crippen LogP contribution is 2.15. The molecule has 0 aliphatic rings. The zero-order valence-electron chi connectivity index (χ0n) is 9.67. The highest BCUT2D eigenvalue weighted by Gasteiger charge is 2.12. The van der Waals surface area contributed by atoms with Crippen LogP contribution < -0.4 is 5.32 Å². The Kier molecular flexibility index (Phi) is 3.56. The van der Waals surface area contributed by atoms with Crippen LogP contribution in [0.3, 0.4) is 0 Å². The predicted octanol–water partition coefficient (Wildman–Crippen LogP) is 1.63. The van der Waals surface area contributed by atoms with Crippen LogP contribution in [0.15, 0.2) is 30.5 Å². The molecule has 0 radical (unpaired) electrons. The van der Waals surface area contributed by atoms with Crippen molar-refractivity contribution < 1.29 is 19.4 Å².